The van der Waals surface area contributed by atoms with E-state index in [1.807, 2.05) is 37.3 Å². The molecule has 0 saturated carbocycles. The molecular weight excluding hydrogens is 529 g/mol. The van der Waals surface area contributed by atoms with E-state index in [0.29, 0.717) is 30.3 Å². The Bertz CT molecular complexity index is 1440. The van der Waals surface area contributed by atoms with Crippen molar-refractivity contribution < 1.29 is 9.53 Å². The number of aromatic nitrogens is 2. The van der Waals surface area contributed by atoms with E-state index in [1.165, 1.54) is 16.8 Å². The Hall–Kier alpha value is -3.02. The smallest absolute Gasteiger partial charge is 0.355 e. The van der Waals surface area contributed by atoms with Gasteiger partial charge in [-0.1, -0.05) is 37.3 Å². The fourth-order valence-electron chi connectivity index (χ4n) is 5.44. The summed E-state index contributed by atoms with van der Waals surface area (Å²) in [7, 11) is 0. The van der Waals surface area contributed by atoms with Crippen LogP contribution in [0.3, 0.4) is 0 Å². The summed E-state index contributed by atoms with van der Waals surface area (Å²) >= 11 is 12.4. The van der Waals surface area contributed by atoms with Crippen LogP contribution in [0.5, 0.6) is 0 Å². The topological polar surface area (TPSA) is 70.2 Å². The molecule has 5 nitrogen and oxygen atoms in total. The van der Waals surface area contributed by atoms with Gasteiger partial charge in [0.1, 0.15) is 12.3 Å². The third-order valence-electron chi connectivity index (χ3n) is 7.63. The molecule has 0 saturated heterocycles. The summed E-state index contributed by atoms with van der Waals surface area (Å²) in [5, 5.41) is 0. The van der Waals surface area contributed by atoms with Crippen LogP contribution in [-0.2, 0) is 30.6 Å². The van der Waals surface area contributed by atoms with E-state index in [-0.39, 0.29) is 12.6 Å². The van der Waals surface area contributed by atoms with Crippen LogP contribution in [0, 0.1) is 20.8 Å². The van der Waals surface area contributed by atoms with E-state index in [4.69, 9.17) is 32.9 Å². The molecule has 0 fully saturated rings. The number of aromatic amines is 2. The molecule has 2 N–H and O–H groups in total. The summed E-state index contributed by atoms with van der Waals surface area (Å²) in [5.74, 6) is 0.609. The molecule has 1 aliphatic heterocycles. The predicted molar refractivity (Wildman–Crippen MR) is 162 cm³/mol. The number of hydrogen-bond donors (Lipinski definition) is 2. The Morgan fingerprint density at radius 1 is 0.974 bits per heavy atom. The first-order chi connectivity index (χ1) is 18.8. The molecule has 0 aliphatic carbocycles. The van der Waals surface area contributed by atoms with Crippen LogP contribution >= 0.6 is 23.2 Å². The Morgan fingerprint density at radius 2 is 1.69 bits per heavy atom. The minimum absolute atomic E-state index is 0.222. The first-order valence-corrected chi connectivity index (χ1v) is 14.6. The number of nitrogens with one attached hydrogen (secondary N) is 2. The molecule has 1 aliphatic rings. The number of H-pyrrole nitrogens is 2. The highest BCUT2D eigenvalue weighted by molar-refractivity contribution is 6.18. The van der Waals surface area contributed by atoms with Gasteiger partial charge in [0, 0.05) is 35.3 Å². The van der Waals surface area contributed by atoms with Crippen LogP contribution in [-0.4, -0.2) is 33.4 Å². The highest BCUT2D eigenvalue weighted by Gasteiger charge is 2.25. The van der Waals surface area contributed by atoms with Gasteiger partial charge in [-0.15, -0.1) is 23.2 Å². The van der Waals surface area contributed by atoms with Gasteiger partial charge in [-0.25, -0.2) is 4.79 Å². The highest BCUT2D eigenvalue weighted by atomic mass is 35.5. The van der Waals surface area contributed by atoms with Crippen molar-refractivity contribution in [1.29, 1.82) is 0 Å². The summed E-state index contributed by atoms with van der Waals surface area (Å²) in [6.07, 6.45) is 5.09. The molecule has 3 aromatic rings. The lowest BCUT2D eigenvalue weighted by molar-refractivity contribution is 0.0465. The number of ether oxygens (including phenoxy) is 1. The molecule has 7 heteroatoms. The molecular formula is C32H37Cl2N3O2. The normalized spacial score (nSPS) is 14.4. The number of aliphatic imine (C=N–C) groups is 1. The van der Waals surface area contributed by atoms with Gasteiger partial charge in [0.25, 0.3) is 0 Å². The zero-order valence-corrected chi connectivity index (χ0v) is 24.9. The largest absolute Gasteiger partial charge is 0.456 e. The lowest BCUT2D eigenvalue weighted by Crippen LogP contribution is -2.08. The Morgan fingerprint density at radius 3 is 2.33 bits per heavy atom. The number of benzene rings is 1. The van der Waals surface area contributed by atoms with Crippen LogP contribution in [0.4, 0.5) is 0 Å². The molecule has 0 radical (unpaired) electrons. The Balaban J connectivity index is 1.65. The van der Waals surface area contributed by atoms with Crippen LogP contribution < -0.4 is 0 Å². The van der Waals surface area contributed by atoms with Crippen molar-refractivity contribution >= 4 is 41.0 Å². The molecule has 3 heterocycles. The fraction of sp³-hybridized carbons (Fsp3) is 0.375. The third kappa shape index (κ3) is 6.26. The number of aryl methyl sites for hydroxylation is 1. The second-order valence-corrected chi connectivity index (χ2v) is 10.8. The van der Waals surface area contributed by atoms with Gasteiger partial charge < -0.3 is 14.7 Å². The number of allylic oxidation sites excluding steroid dienone is 2. The first kappa shape index (κ1) is 29.0. The molecule has 0 unspecified atom stereocenters. The van der Waals surface area contributed by atoms with Gasteiger partial charge in [-0.05, 0) is 92.0 Å². The Labute approximate surface area is 241 Å². The van der Waals surface area contributed by atoms with Crippen LogP contribution in [0.15, 0.2) is 52.2 Å². The molecule has 0 amide bonds. The maximum absolute atomic E-state index is 13.0. The van der Waals surface area contributed by atoms with Crippen molar-refractivity contribution in [3.05, 3.63) is 97.8 Å². The molecule has 39 heavy (non-hydrogen) atoms. The van der Waals surface area contributed by atoms with Gasteiger partial charge in [0.05, 0.1) is 11.4 Å². The maximum Gasteiger partial charge on any atom is 0.355 e. The third-order valence-corrected chi connectivity index (χ3v) is 8.01. The molecule has 0 bridgehead atoms. The summed E-state index contributed by atoms with van der Waals surface area (Å²) in [4.78, 5) is 25.0. The van der Waals surface area contributed by atoms with Gasteiger partial charge in [-0.2, -0.15) is 0 Å². The number of rotatable bonds is 11. The summed E-state index contributed by atoms with van der Waals surface area (Å²) in [6, 6.07) is 9.68. The number of nitrogens with zero attached hydrogens (tertiary/aromatic N) is 1. The average Bonchev–Trinajstić information content (AvgIpc) is 3.50. The quantitative estimate of drug-likeness (QED) is 0.183. The molecule has 4 rings (SSSR count). The van der Waals surface area contributed by atoms with Gasteiger partial charge >= 0.3 is 5.97 Å². The lowest BCUT2D eigenvalue weighted by Gasteiger charge is -2.06. The summed E-state index contributed by atoms with van der Waals surface area (Å²) in [6.45, 7) is 10.7. The molecule has 2 aromatic heterocycles. The summed E-state index contributed by atoms with van der Waals surface area (Å²) < 4.78 is 5.63. The van der Waals surface area contributed by atoms with Crippen molar-refractivity contribution in [3.8, 4) is 0 Å². The number of alkyl halides is 2. The van der Waals surface area contributed by atoms with Gasteiger partial charge in [0.15, 0.2) is 0 Å². The van der Waals surface area contributed by atoms with Crippen LogP contribution in [0.25, 0.3) is 6.08 Å². The summed E-state index contributed by atoms with van der Waals surface area (Å²) in [5.41, 5.74) is 13.4. The van der Waals surface area contributed by atoms with Crippen LogP contribution in [0.1, 0.15) is 75.7 Å². The lowest BCUT2D eigenvalue weighted by atomic mass is 9.98. The Kier molecular flexibility index (Phi) is 9.58. The van der Waals surface area contributed by atoms with Crippen LogP contribution in [0.2, 0.25) is 0 Å². The number of esters is 1. The molecule has 206 valence electrons. The van der Waals surface area contributed by atoms with Crippen molar-refractivity contribution in [1.82, 2.24) is 9.97 Å². The van der Waals surface area contributed by atoms with Crippen molar-refractivity contribution in [2.75, 3.05) is 11.8 Å². The highest BCUT2D eigenvalue weighted by Crippen LogP contribution is 2.33. The first-order valence-electron chi connectivity index (χ1n) is 13.5. The van der Waals surface area contributed by atoms with Gasteiger partial charge in [0.2, 0.25) is 0 Å². The van der Waals surface area contributed by atoms with E-state index in [2.05, 4.69) is 43.7 Å². The second-order valence-electron chi connectivity index (χ2n) is 10.0. The van der Waals surface area contributed by atoms with Crippen molar-refractivity contribution in [3.63, 3.8) is 0 Å². The van der Waals surface area contributed by atoms with E-state index in [1.54, 1.807) is 0 Å². The number of carbonyl (C=O) groups is 1. The number of carbonyl (C=O) groups excluding carboxylic acids is 1. The predicted octanol–water partition coefficient (Wildman–Crippen LogP) is 7.95. The zero-order chi connectivity index (χ0) is 28.1. The van der Waals surface area contributed by atoms with Crippen molar-refractivity contribution in [2.24, 2.45) is 4.99 Å². The number of halogens is 2. The van der Waals surface area contributed by atoms with Crippen molar-refractivity contribution in [2.45, 2.75) is 66.9 Å². The molecule has 1 aromatic carbocycles. The van der Waals surface area contributed by atoms with E-state index < -0.39 is 0 Å². The van der Waals surface area contributed by atoms with E-state index in [9.17, 15) is 4.79 Å². The standard InChI is InChI=1S/C32H37Cl2N3O2/c1-6-24-19(2)27(35-22(24)5)16-29-25(12-14-33)20(3)28(36-29)17-30-26(13-15-34)21(4)31(37-30)32(38)39-18-23-10-8-7-9-11-23/h7-11,16,35,37H,6,12-15,17-18H2,1-5H3/b29-16-. The van der Waals surface area contributed by atoms with Gasteiger partial charge in [-0.3, -0.25) is 4.99 Å². The zero-order valence-electron chi connectivity index (χ0n) is 23.4. The molecule has 0 spiro atoms. The minimum atomic E-state index is -0.369. The second kappa shape index (κ2) is 12.9. The fourth-order valence-corrected chi connectivity index (χ4v) is 5.82. The van der Waals surface area contributed by atoms with E-state index in [0.717, 1.165) is 63.5 Å². The monoisotopic (exact) mass is 565 g/mol. The number of hydrogen-bond acceptors (Lipinski definition) is 3. The minimum Gasteiger partial charge on any atom is -0.456 e. The SMILES string of the molecule is CCc1c(C)[nH]c(/C=C2\N=C(Cc3[nH]c(C(=O)OCc4ccccc4)c(C)c3CCCl)C(C)=C2CCCl)c1C. The molecule has 0 atom stereocenters. The average molecular weight is 567 g/mol. The van der Waals surface area contributed by atoms with E-state index >= 15 is 0 Å². The maximum atomic E-state index is 13.0.